The fourth-order valence-corrected chi connectivity index (χ4v) is 2.70. The highest BCUT2D eigenvalue weighted by molar-refractivity contribution is 9.10. The number of rotatable bonds is 2. The van der Waals surface area contributed by atoms with Crippen LogP contribution in [-0.4, -0.2) is 22.9 Å². The van der Waals surface area contributed by atoms with E-state index in [-0.39, 0.29) is 0 Å². The number of furan rings is 1. The minimum atomic E-state index is 0.302. The van der Waals surface area contributed by atoms with Gasteiger partial charge in [-0.15, -0.1) is 11.6 Å². The maximum Gasteiger partial charge on any atom is 0.169 e. The van der Waals surface area contributed by atoms with Crippen LogP contribution >= 0.6 is 27.5 Å². The molecule has 2 unspecified atom stereocenters. The van der Waals surface area contributed by atoms with E-state index in [0.29, 0.717) is 11.4 Å². The van der Waals surface area contributed by atoms with Crippen LogP contribution in [0.1, 0.15) is 25.3 Å². The van der Waals surface area contributed by atoms with Gasteiger partial charge in [0.15, 0.2) is 4.67 Å². The van der Waals surface area contributed by atoms with E-state index in [0.717, 1.165) is 24.2 Å². The molecule has 2 rings (SSSR count). The summed E-state index contributed by atoms with van der Waals surface area (Å²) in [6.45, 7) is 4.17. The quantitative estimate of drug-likeness (QED) is 0.774. The second-order valence-corrected chi connectivity index (χ2v) is 5.61. The zero-order chi connectivity index (χ0) is 10.8. The van der Waals surface area contributed by atoms with Crippen molar-refractivity contribution in [3.05, 3.63) is 22.6 Å². The molecule has 0 bridgehead atoms. The minimum Gasteiger partial charge on any atom is -0.457 e. The zero-order valence-corrected chi connectivity index (χ0v) is 11.1. The molecule has 1 fully saturated rings. The third kappa shape index (κ3) is 2.99. The average molecular weight is 293 g/mol. The normalized spacial score (nSPS) is 28.2. The van der Waals surface area contributed by atoms with Crippen LogP contribution in [0.3, 0.4) is 0 Å². The Kier molecular flexibility index (Phi) is 3.75. The fraction of sp³-hybridized carbons (Fsp3) is 0.636. The molecule has 0 aliphatic carbocycles. The SMILES string of the molecule is CC1CCC(Cl)CN1Cc1coc(Br)c1. The summed E-state index contributed by atoms with van der Waals surface area (Å²) in [6.07, 6.45) is 4.12. The molecule has 2 atom stereocenters. The highest BCUT2D eigenvalue weighted by Gasteiger charge is 2.24. The molecule has 0 saturated carbocycles. The monoisotopic (exact) mass is 291 g/mol. The summed E-state index contributed by atoms with van der Waals surface area (Å²) in [6, 6.07) is 2.64. The molecule has 0 radical (unpaired) electrons. The number of hydrogen-bond acceptors (Lipinski definition) is 2. The second kappa shape index (κ2) is 4.89. The fourth-order valence-electron chi connectivity index (χ4n) is 2.01. The molecule has 1 aromatic rings. The summed E-state index contributed by atoms with van der Waals surface area (Å²) < 4.78 is 6.02. The molecule has 4 heteroatoms. The Morgan fingerprint density at radius 2 is 2.40 bits per heavy atom. The van der Waals surface area contributed by atoms with Crippen LogP contribution in [0.4, 0.5) is 0 Å². The van der Waals surface area contributed by atoms with Gasteiger partial charge < -0.3 is 4.42 Å². The zero-order valence-electron chi connectivity index (χ0n) is 8.75. The van der Waals surface area contributed by atoms with Gasteiger partial charge in [-0.1, -0.05) is 0 Å². The largest absolute Gasteiger partial charge is 0.457 e. The third-order valence-electron chi connectivity index (χ3n) is 2.96. The molecule has 2 nitrogen and oxygen atoms in total. The smallest absolute Gasteiger partial charge is 0.169 e. The second-order valence-electron chi connectivity index (χ2n) is 4.21. The van der Waals surface area contributed by atoms with Crippen molar-refractivity contribution in [2.75, 3.05) is 6.54 Å². The lowest BCUT2D eigenvalue weighted by Crippen LogP contribution is -2.41. The van der Waals surface area contributed by atoms with Gasteiger partial charge in [-0.2, -0.15) is 0 Å². The predicted octanol–water partition coefficient (Wildman–Crippen LogP) is 3.63. The molecule has 1 aliphatic heterocycles. The Morgan fingerprint density at radius 3 is 3.07 bits per heavy atom. The van der Waals surface area contributed by atoms with Gasteiger partial charge >= 0.3 is 0 Å². The first-order valence-corrected chi connectivity index (χ1v) is 6.49. The van der Waals surface area contributed by atoms with Gasteiger partial charge in [0.1, 0.15) is 0 Å². The van der Waals surface area contributed by atoms with Crippen LogP contribution in [0.2, 0.25) is 0 Å². The van der Waals surface area contributed by atoms with Crippen LogP contribution in [0.15, 0.2) is 21.4 Å². The van der Waals surface area contributed by atoms with Crippen molar-refractivity contribution in [1.82, 2.24) is 4.90 Å². The Hall–Kier alpha value is 0.01000. The molecule has 1 aromatic heterocycles. The van der Waals surface area contributed by atoms with Gasteiger partial charge in [-0.25, -0.2) is 0 Å². The van der Waals surface area contributed by atoms with Crippen molar-refractivity contribution < 1.29 is 4.42 Å². The van der Waals surface area contributed by atoms with Gasteiger partial charge in [0, 0.05) is 30.1 Å². The van der Waals surface area contributed by atoms with Gasteiger partial charge in [0.25, 0.3) is 0 Å². The minimum absolute atomic E-state index is 0.302. The van der Waals surface area contributed by atoms with Crippen molar-refractivity contribution >= 4 is 27.5 Å². The third-order valence-corrected chi connectivity index (χ3v) is 3.73. The topological polar surface area (TPSA) is 16.4 Å². The molecule has 1 aliphatic rings. The van der Waals surface area contributed by atoms with Crippen molar-refractivity contribution in [3.63, 3.8) is 0 Å². The Labute approximate surface area is 104 Å². The first-order valence-electron chi connectivity index (χ1n) is 5.26. The van der Waals surface area contributed by atoms with Crippen LogP contribution in [0, 0.1) is 0 Å². The molecule has 84 valence electrons. The standard InChI is InChI=1S/C11H15BrClNO/c1-8-2-3-10(13)6-14(8)5-9-4-11(12)15-7-9/h4,7-8,10H,2-3,5-6H2,1H3. The van der Waals surface area contributed by atoms with Gasteiger partial charge in [-0.05, 0) is 41.8 Å². The first-order chi connectivity index (χ1) is 7.15. The number of likely N-dealkylation sites (tertiary alicyclic amines) is 1. The van der Waals surface area contributed by atoms with Crippen LogP contribution in [0.25, 0.3) is 0 Å². The summed E-state index contributed by atoms with van der Waals surface area (Å²) in [7, 11) is 0. The molecule has 15 heavy (non-hydrogen) atoms. The molecule has 0 amide bonds. The molecule has 0 N–H and O–H groups in total. The van der Waals surface area contributed by atoms with E-state index in [9.17, 15) is 0 Å². The summed E-state index contributed by atoms with van der Waals surface area (Å²) in [5, 5.41) is 0.302. The Bertz CT molecular complexity index is 328. The highest BCUT2D eigenvalue weighted by atomic mass is 79.9. The van der Waals surface area contributed by atoms with Gasteiger partial charge in [-0.3, -0.25) is 4.90 Å². The van der Waals surface area contributed by atoms with Crippen molar-refractivity contribution in [2.24, 2.45) is 0 Å². The lowest BCUT2D eigenvalue weighted by atomic mass is 10.0. The highest BCUT2D eigenvalue weighted by Crippen LogP contribution is 2.24. The summed E-state index contributed by atoms with van der Waals surface area (Å²) >= 11 is 9.49. The number of piperidine rings is 1. The van der Waals surface area contributed by atoms with Crippen LogP contribution < -0.4 is 0 Å². The van der Waals surface area contributed by atoms with E-state index in [1.165, 1.54) is 12.0 Å². The van der Waals surface area contributed by atoms with Crippen molar-refractivity contribution in [2.45, 2.75) is 37.7 Å². The lowest BCUT2D eigenvalue weighted by Gasteiger charge is -2.35. The lowest BCUT2D eigenvalue weighted by molar-refractivity contribution is 0.155. The molecule has 2 heterocycles. The molecule has 0 aromatic carbocycles. The summed E-state index contributed by atoms with van der Waals surface area (Å²) in [5.41, 5.74) is 1.21. The summed E-state index contributed by atoms with van der Waals surface area (Å²) in [5.74, 6) is 0. The van der Waals surface area contributed by atoms with E-state index < -0.39 is 0 Å². The maximum atomic E-state index is 6.17. The number of halogens is 2. The van der Waals surface area contributed by atoms with E-state index >= 15 is 0 Å². The van der Waals surface area contributed by atoms with Crippen LogP contribution in [-0.2, 0) is 6.54 Å². The number of hydrogen-bond donors (Lipinski definition) is 0. The average Bonchev–Trinajstić information content (AvgIpc) is 2.58. The van der Waals surface area contributed by atoms with E-state index in [1.807, 2.05) is 6.07 Å². The Balaban J connectivity index is 1.98. The molecule has 1 saturated heterocycles. The summed E-state index contributed by atoms with van der Waals surface area (Å²) in [4.78, 5) is 2.42. The molecular formula is C11H15BrClNO. The van der Waals surface area contributed by atoms with Gasteiger partial charge in [0.2, 0.25) is 0 Å². The Morgan fingerprint density at radius 1 is 1.60 bits per heavy atom. The first kappa shape index (κ1) is 11.5. The number of alkyl halides is 1. The van der Waals surface area contributed by atoms with E-state index in [1.54, 1.807) is 6.26 Å². The molecular weight excluding hydrogens is 277 g/mol. The van der Waals surface area contributed by atoms with Crippen molar-refractivity contribution in [3.8, 4) is 0 Å². The van der Waals surface area contributed by atoms with Crippen molar-refractivity contribution in [1.29, 1.82) is 0 Å². The van der Waals surface area contributed by atoms with Crippen LogP contribution in [0.5, 0.6) is 0 Å². The van der Waals surface area contributed by atoms with Gasteiger partial charge in [0.05, 0.1) is 6.26 Å². The van der Waals surface area contributed by atoms with E-state index in [4.69, 9.17) is 16.0 Å². The maximum absolute atomic E-state index is 6.17. The van der Waals surface area contributed by atoms with E-state index in [2.05, 4.69) is 27.8 Å². The molecule has 0 spiro atoms. The number of nitrogens with zero attached hydrogens (tertiary/aromatic N) is 1. The predicted molar refractivity (Wildman–Crippen MR) is 65.2 cm³/mol.